The van der Waals surface area contributed by atoms with Gasteiger partial charge < -0.3 is 24.1 Å². The monoisotopic (exact) mass is 511 g/mol. The van der Waals surface area contributed by atoms with Gasteiger partial charge in [-0.05, 0) is 35.9 Å². The van der Waals surface area contributed by atoms with Crippen molar-refractivity contribution in [3.63, 3.8) is 0 Å². The van der Waals surface area contributed by atoms with Crippen LogP contribution in [0, 0.1) is 0 Å². The van der Waals surface area contributed by atoms with Gasteiger partial charge in [-0.3, -0.25) is 4.72 Å². The summed E-state index contributed by atoms with van der Waals surface area (Å²) in [5.41, 5.74) is 1.17. The summed E-state index contributed by atoms with van der Waals surface area (Å²) in [6, 6.07) is 10.4. The number of sulfonamides is 1. The summed E-state index contributed by atoms with van der Waals surface area (Å²) >= 11 is 7.21. The number of esters is 1. The normalized spacial score (nSPS) is 12.5. The number of halogens is 1. The molecule has 12 heteroatoms. The van der Waals surface area contributed by atoms with E-state index in [2.05, 4.69) is 4.72 Å². The number of hydrogen-bond donors (Lipinski definition) is 2. The number of thiophene rings is 1. The molecule has 0 aliphatic carbocycles. The van der Waals surface area contributed by atoms with Crippen LogP contribution in [0.2, 0.25) is 4.34 Å². The fraction of sp³-hybridized carbons (Fsp3) is 0.190. The number of fused-ring (bicyclic) bond motifs is 1. The van der Waals surface area contributed by atoms with Crippen LogP contribution in [0.25, 0.3) is 11.1 Å². The van der Waals surface area contributed by atoms with Crippen LogP contribution in [0.5, 0.6) is 17.2 Å². The van der Waals surface area contributed by atoms with Crippen LogP contribution in [0.15, 0.2) is 46.7 Å². The standard InChI is InChI=1S/C21H18ClNO8S2/c1-28-6-7-29-21(25)14-4-3-13(9-16(14)24)23-33(26,27)19-10-15(20(22)32-19)12-2-5-17-18(8-12)31-11-30-17/h2-5,8-10,23-24H,6-7,11H2,1H3. The van der Waals surface area contributed by atoms with Crippen molar-refractivity contribution in [2.45, 2.75) is 4.21 Å². The van der Waals surface area contributed by atoms with Crippen LogP contribution in [-0.4, -0.2) is 46.6 Å². The van der Waals surface area contributed by atoms with Crippen LogP contribution in [0.4, 0.5) is 5.69 Å². The summed E-state index contributed by atoms with van der Waals surface area (Å²) in [4.78, 5) is 12.0. The number of methoxy groups -OCH3 is 1. The highest BCUT2D eigenvalue weighted by atomic mass is 35.5. The van der Waals surface area contributed by atoms with E-state index in [1.807, 2.05) is 0 Å². The number of anilines is 1. The van der Waals surface area contributed by atoms with E-state index in [0.29, 0.717) is 22.6 Å². The number of nitrogens with one attached hydrogen (secondary N) is 1. The van der Waals surface area contributed by atoms with Crippen LogP contribution in [-0.2, 0) is 19.5 Å². The number of benzene rings is 2. The fourth-order valence-corrected chi connectivity index (χ4v) is 5.82. The van der Waals surface area contributed by atoms with Gasteiger partial charge in [0, 0.05) is 18.7 Å². The van der Waals surface area contributed by atoms with Gasteiger partial charge in [-0.15, -0.1) is 11.3 Å². The lowest BCUT2D eigenvalue weighted by atomic mass is 10.1. The van der Waals surface area contributed by atoms with E-state index < -0.39 is 21.7 Å². The lowest BCUT2D eigenvalue weighted by Crippen LogP contribution is -2.12. The minimum Gasteiger partial charge on any atom is -0.507 e. The SMILES string of the molecule is COCCOC(=O)c1ccc(NS(=O)(=O)c2cc(-c3ccc4c(c3)OCO4)c(Cl)s2)cc1O. The first-order valence-electron chi connectivity index (χ1n) is 9.50. The minimum atomic E-state index is -4.02. The molecule has 2 heterocycles. The number of aromatic hydroxyl groups is 1. The second kappa shape index (κ2) is 9.48. The molecule has 0 bridgehead atoms. The molecule has 2 aromatic carbocycles. The van der Waals surface area contributed by atoms with E-state index in [0.717, 1.165) is 17.4 Å². The third-order valence-corrected chi connectivity index (χ3v) is 7.82. The molecule has 0 saturated heterocycles. The Kier molecular flexibility index (Phi) is 6.66. The molecular weight excluding hydrogens is 494 g/mol. The summed E-state index contributed by atoms with van der Waals surface area (Å²) in [6.45, 7) is 0.353. The van der Waals surface area contributed by atoms with Gasteiger partial charge in [0.25, 0.3) is 10.0 Å². The third kappa shape index (κ3) is 5.01. The Morgan fingerprint density at radius 2 is 1.94 bits per heavy atom. The number of hydrogen-bond acceptors (Lipinski definition) is 9. The quantitative estimate of drug-likeness (QED) is 0.342. The van der Waals surface area contributed by atoms with Crippen molar-refractivity contribution in [1.82, 2.24) is 0 Å². The molecule has 0 unspecified atom stereocenters. The van der Waals surface area contributed by atoms with Crippen molar-refractivity contribution in [2.24, 2.45) is 0 Å². The molecule has 1 aliphatic rings. The van der Waals surface area contributed by atoms with E-state index in [4.69, 9.17) is 30.5 Å². The molecule has 3 aromatic rings. The Morgan fingerprint density at radius 1 is 1.15 bits per heavy atom. The van der Waals surface area contributed by atoms with Crippen LogP contribution in [0.3, 0.4) is 0 Å². The van der Waals surface area contributed by atoms with Crippen molar-refractivity contribution in [3.05, 3.63) is 52.4 Å². The van der Waals surface area contributed by atoms with E-state index in [1.54, 1.807) is 18.2 Å². The number of rotatable bonds is 8. The molecule has 174 valence electrons. The topological polar surface area (TPSA) is 120 Å². The van der Waals surface area contributed by atoms with Crippen LogP contribution in [0.1, 0.15) is 10.4 Å². The highest BCUT2D eigenvalue weighted by Crippen LogP contribution is 2.42. The molecule has 1 aliphatic heterocycles. The number of phenols is 1. The number of carbonyl (C=O) groups excluding carboxylic acids is 1. The molecule has 0 atom stereocenters. The molecule has 4 rings (SSSR count). The highest BCUT2D eigenvalue weighted by molar-refractivity contribution is 7.94. The first kappa shape index (κ1) is 23.2. The van der Waals surface area contributed by atoms with Gasteiger partial charge in [-0.1, -0.05) is 17.7 Å². The number of ether oxygens (including phenoxy) is 4. The second-order valence-corrected chi connectivity index (χ2v) is 10.4. The van der Waals surface area contributed by atoms with Gasteiger partial charge >= 0.3 is 5.97 Å². The van der Waals surface area contributed by atoms with Gasteiger partial charge in [-0.2, -0.15) is 0 Å². The Balaban J connectivity index is 1.53. The predicted octanol–water partition coefficient (Wildman–Crippen LogP) is 4.11. The van der Waals surface area contributed by atoms with Gasteiger partial charge in [0.15, 0.2) is 11.5 Å². The largest absolute Gasteiger partial charge is 0.507 e. The molecular formula is C21H18ClNO8S2. The zero-order valence-corrected chi connectivity index (χ0v) is 19.6. The summed E-state index contributed by atoms with van der Waals surface area (Å²) in [5, 5.41) is 10.2. The van der Waals surface area contributed by atoms with Crippen molar-refractivity contribution in [1.29, 1.82) is 0 Å². The zero-order chi connectivity index (χ0) is 23.6. The smallest absolute Gasteiger partial charge is 0.341 e. The molecule has 33 heavy (non-hydrogen) atoms. The van der Waals surface area contributed by atoms with Crippen LogP contribution >= 0.6 is 22.9 Å². The van der Waals surface area contributed by atoms with Gasteiger partial charge in [-0.25, -0.2) is 13.2 Å². The zero-order valence-electron chi connectivity index (χ0n) is 17.2. The van der Waals surface area contributed by atoms with E-state index in [1.165, 1.54) is 25.3 Å². The molecule has 1 aromatic heterocycles. The molecule has 9 nitrogen and oxygen atoms in total. The summed E-state index contributed by atoms with van der Waals surface area (Å²) in [6.07, 6.45) is 0. The van der Waals surface area contributed by atoms with Crippen molar-refractivity contribution < 1.29 is 37.3 Å². The molecule has 0 spiro atoms. The van der Waals surface area contributed by atoms with Gasteiger partial charge in [0.1, 0.15) is 26.5 Å². The first-order chi connectivity index (χ1) is 15.8. The number of phenolic OH excluding ortho intramolecular Hbond substituents is 1. The Bertz CT molecular complexity index is 1310. The Labute approximate surface area is 198 Å². The van der Waals surface area contributed by atoms with Gasteiger partial charge in [0.05, 0.1) is 12.3 Å². The van der Waals surface area contributed by atoms with E-state index >= 15 is 0 Å². The molecule has 0 amide bonds. The second-order valence-electron chi connectivity index (χ2n) is 6.79. The maximum atomic E-state index is 12.9. The average Bonchev–Trinajstić information content (AvgIpc) is 3.39. The van der Waals surface area contributed by atoms with Crippen molar-refractivity contribution in [3.8, 4) is 28.4 Å². The number of carbonyl (C=O) groups is 1. The summed E-state index contributed by atoms with van der Waals surface area (Å²) in [5.74, 6) is -0.0284. The highest BCUT2D eigenvalue weighted by Gasteiger charge is 2.23. The predicted molar refractivity (Wildman–Crippen MR) is 122 cm³/mol. The minimum absolute atomic E-state index is 0.0218. The molecule has 0 radical (unpaired) electrons. The Hall–Kier alpha value is -2.99. The third-order valence-electron chi connectivity index (χ3n) is 4.60. The van der Waals surface area contributed by atoms with Crippen molar-refractivity contribution in [2.75, 3.05) is 31.8 Å². The van der Waals surface area contributed by atoms with Crippen molar-refractivity contribution >= 4 is 44.6 Å². The van der Waals surface area contributed by atoms with E-state index in [-0.39, 0.29) is 39.8 Å². The lowest BCUT2D eigenvalue weighted by Gasteiger charge is -2.09. The first-order valence-corrected chi connectivity index (χ1v) is 12.2. The molecule has 2 N–H and O–H groups in total. The molecule has 0 saturated carbocycles. The Morgan fingerprint density at radius 3 is 2.70 bits per heavy atom. The summed E-state index contributed by atoms with van der Waals surface area (Å²) in [7, 11) is -2.55. The maximum Gasteiger partial charge on any atom is 0.341 e. The van der Waals surface area contributed by atoms with Gasteiger partial charge in [0.2, 0.25) is 6.79 Å². The summed E-state index contributed by atoms with van der Waals surface area (Å²) < 4.78 is 48.8. The maximum absolute atomic E-state index is 12.9. The van der Waals surface area contributed by atoms with Crippen LogP contribution < -0.4 is 14.2 Å². The molecule has 0 fully saturated rings. The van der Waals surface area contributed by atoms with E-state index in [9.17, 15) is 18.3 Å². The average molecular weight is 512 g/mol. The fourth-order valence-electron chi connectivity index (χ4n) is 3.01. The lowest BCUT2D eigenvalue weighted by molar-refractivity contribution is 0.0385.